The Balaban J connectivity index is 2.31. The number of hydrogen-bond acceptors (Lipinski definition) is 10. The number of fused-ring (bicyclic) bond motifs is 1. The van der Waals surface area contributed by atoms with Crippen molar-refractivity contribution in [3.8, 4) is 5.75 Å². The van der Waals surface area contributed by atoms with Crippen molar-refractivity contribution in [3.05, 3.63) is 29.8 Å². The van der Waals surface area contributed by atoms with E-state index in [0.29, 0.717) is 37.0 Å². The maximum atomic E-state index is 15.0. The molecule has 2 fully saturated rings. The molecule has 0 bridgehead atoms. The Morgan fingerprint density at radius 1 is 0.514 bits per heavy atom. The lowest BCUT2D eigenvalue weighted by molar-refractivity contribution is -0.158. The van der Waals surface area contributed by atoms with Gasteiger partial charge in [0, 0.05) is 69.3 Å². The van der Waals surface area contributed by atoms with Gasteiger partial charge in [0.1, 0.15) is 54.1 Å². The topological polar surface area (TPSA) is 192 Å². The molecule has 19 nitrogen and oxygen atoms in total. The zero-order valence-corrected chi connectivity index (χ0v) is 48.2. The average Bonchev–Trinajstić information content (AvgIpc) is 3.88. The molecule has 0 N–H and O–H groups in total. The maximum Gasteiger partial charge on any atom is 0.246 e. The van der Waals surface area contributed by atoms with E-state index in [-0.39, 0.29) is 43.6 Å². The fourth-order valence-corrected chi connectivity index (χ4v) is 10.2. The van der Waals surface area contributed by atoms with Crippen LogP contribution in [0.3, 0.4) is 0 Å². The van der Waals surface area contributed by atoms with Crippen LogP contribution in [0.15, 0.2) is 24.3 Å². The van der Waals surface area contributed by atoms with Crippen LogP contribution in [-0.4, -0.2) is 222 Å². The van der Waals surface area contributed by atoms with Crippen LogP contribution in [0, 0.1) is 23.7 Å². The van der Waals surface area contributed by atoms with Crippen molar-refractivity contribution in [1.82, 2.24) is 44.1 Å². The zero-order chi connectivity index (χ0) is 56.4. The van der Waals surface area contributed by atoms with Crippen molar-refractivity contribution in [2.75, 3.05) is 76.6 Å². The second-order valence-corrected chi connectivity index (χ2v) is 22.0. The summed E-state index contributed by atoms with van der Waals surface area (Å²) in [6.07, 6.45) is 2.30. The molecule has 2 saturated heterocycles. The molecule has 0 spiro atoms. The van der Waals surface area contributed by atoms with Crippen molar-refractivity contribution in [2.24, 2.45) is 23.7 Å². The van der Waals surface area contributed by atoms with Gasteiger partial charge in [0.25, 0.3) is 0 Å². The van der Waals surface area contributed by atoms with Crippen LogP contribution in [0.25, 0.3) is 0 Å². The molecule has 416 valence electrons. The van der Waals surface area contributed by atoms with Crippen LogP contribution in [0.4, 0.5) is 0 Å². The summed E-state index contributed by atoms with van der Waals surface area (Å²) < 4.78 is 5.38. The van der Waals surface area contributed by atoms with Gasteiger partial charge in [0.05, 0.1) is 13.7 Å². The van der Waals surface area contributed by atoms with Crippen LogP contribution in [0.1, 0.15) is 113 Å². The summed E-state index contributed by atoms with van der Waals surface area (Å²) in [5.74, 6) is -4.96. The number of rotatable bonds is 11. The first-order valence-corrected chi connectivity index (χ1v) is 26.5. The third kappa shape index (κ3) is 14.3. The van der Waals surface area contributed by atoms with Gasteiger partial charge in [-0.3, -0.25) is 43.2 Å². The van der Waals surface area contributed by atoms with E-state index in [2.05, 4.69) is 0 Å². The number of likely N-dealkylation sites (N-methyl/N-ethyl adjacent to an activating group) is 8. The van der Waals surface area contributed by atoms with E-state index in [9.17, 15) is 33.6 Å². The lowest BCUT2D eigenvalue weighted by Gasteiger charge is -2.42. The summed E-state index contributed by atoms with van der Waals surface area (Å²) in [6, 6.07) is -1.45. The molecule has 2 aliphatic rings. The molecule has 2 heterocycles. The number of hydrogen-bond donors (Lipinski definition) is 0. The fourth-order valence-electron chi connectivity index (χ4n) is 10.2. The van der Waals surface area contributed by atoms with Gasteiger partial charge < -0.3 is 48.8 Å². The van der Waals surface area contributed by atoms with Gasteiger partial charge in [-0.15, -0.1) is 0 Å². The second-order valence-electron chi connectivity index (χ2n) is 22.0. The predicted molar refractivity (Wildman–Crippen MR) is 284 cm³/mol. The van der Waals surface area contributed by atoms with Crippen molar-refractivity contribution in [2.45, 2.75) is 163 Å². The number of carbonyl (C=O) groups is 9. The Morgan fingerprint density at radius 2 is 0.946 bits per heavy atom. The molecule has 2 aliphatic heterocycles. The molecule has 0 aliphatic carbocycles. The normalized spacial score (nSPS) is 26.8. The molecule has 0 saturated carbocycles. The maximum absolute atomic E-state index is 15.0. The number of nitrogens with zero attached hydrogens (tertiary/aromatic N) is 9. The Labute approximate surface area is 442 Å². The predicted octanol–water partition coefficient (Wildman–Crippen LogP) is 3.71. The highest BCUT2D eigenvalue weighted by atomic mass is 16.5. The van der Waals surface area contributed by atoms with E-state index in [1.54, 1.807) is 38.1 Å². The minimum atomic E-state index is -1.16. The number of carbonyl (C=O) groups excluding carboxylic acids is 9. The third-order valence-corrected chi connectivity index (χ3v) is 15.9. The number of benzene rings is 1. The lowest BCUT2D eigenvalue weighted by Crippen LogP contribution is -2.62. The first-order chi connectivity index (χ1) is 34.5. The van der Waals surface area contributed by atoms with Crippen LogP contribution in [0.2, 0.25) is 0 Å². The Morgan fingerprint density at radius 3 is 1.43 bits per heavy atom. The molecule has 0 unspecified atom stereocenters. The zero-order valence-electron chi connectivity index (χ0n) is 48.2. The van der Waals surface area contributed by atoms with Gasteiger partial charge in [-0.1, -0.05) is 80.4 Å². The van der Waals surface area contributed by atoms with Gasteiger partial charge in [0.2, 0.25) is 53.2 Å². The van der Waals surface area contributed by atoms with Gasteiger partial charge >= 0.3 is 0 Å². The summed E-state index contributed by atoms with van der Waals surface area (Å²) in [6.45, 7) is 18.1. The summed E-state index contributed by atoms with van der Waals surface area (Å²) in [4.78, 5) is 145. The van der Waals surface area contributed by atoms with Crippen molar-refractivity contribution >= 4 is 53.2 Å². The molecule has 0 radical (unpaired) electrons. The summed E-state index contributed by atoms with van der Waals surface area (Å²) >= 11 is 0. The van der Waals surface area contributed by atoms with Gasteiger partial charge in [-0.05, 0) is 80.9 Å². The van der Waals surface area contributed by atoms with Gasteiger partial charge in [0.15, 0.2) is 0 Å². The van der Waals surface area contributed by atoms with E-state index in [1.165, 1.54) is 108 Å². The number of amides is 9. The minimum Gasteiger partial charge on any atom is -0.497 e. The lowest BCUT2D eigenvalue weighted by atomic mass is 9.92. The molecule has 9 amide bonds. The molecular formula is C55H91N9O10. The molecule has 1 aromatic rings. The number of methoxy groups -OCH3 is 1. The fraction of sp³-hybridized carbons (Fsp3) is 0.727. The van der Waals surface area contributed by atoms with E-state index in [4.69, 9.17) is 4.74 Å². The van der Waals surface area contributed by atoms with Crippen molar-refractivity contribution in [1.29, 1.82) is 0 Å². The van der Waals surface area contributed by atoms with Crippen LogP contribution in [0.5, 0.6) is 5.75 Å². The first kappa shape index (κ1) is 62.5. The van der Waals surface area contributed by atoms with Crippen LogP contribution >= 0.6 is 0 Å². The molecule has 3 rings (SSSR count). The largest absolute Gasteiger partial charge is 0.497 e. The van der Waals surface area contributed by atoms with Gasteiger partial charge in [-0.2, -0.15) is 0 Å². The summed E-state index contributed by atoms with van der Waals surface area (Å²) in [5, 5.41) is 0. The van der Waals surface area contributed by atoms with E-state index in [1.807, 2.05) is 55.4 Å². The molecule has 74 heavy (non-hydrogen) atoms. The summed E-state index contributed by atoms with van der Waals surface area (Å²) in [5.41, 5.74) is 0.700. The highest BCUT2D eigenvalue weighted by Gasteiger charge is 2.46. The molecule has 19 heteroatoms. The third-order valence-electron chi connectivity index (χ3n) is 15.9. The quantitative estimate of drug-likeness (QED) is 0.316. The van der Waals surface area contributed by atoms with Crippen molar-refractivity contribution < 1.29 is 47.9 Å². The number of ether oxygens (including phenoxy) is 1. The van der Waals surface area contributed by atoms with E-state index < -0.39 is 114 Å². The minimum absolute atomic E-state index is 0.0443. The molecule has 10 atom stereocenters. The SMILES string of the molecule is CC[C@H](C)[C@H]1C(=O)N(C)[C@@H](CC(C)C)C(=O)N(C)[C@@H]([C@@H](C)CC)C(=O)N(C)[C@@H](C)C(=O)N(C)CC(=O)N(C)[C@@H](CC(C)C)C(=O)N2CCC[C@H]2C(=O)N(C)[C@@H](Cc2ccc(OC)cc2)C(=O)N(C)[C@@H](C)C(=O)N1C. The Kier molecular flexibility index (Phi) is 23.0. The highest BCUT2D eigenvalue weighted by molar-refractivity contribution is 5.99. The smallest absolute Gasteiger partial charge is 0.246 e. The molecule has 1 aromatic carbocycles. The first-order valence-electron chi connectivity index (χ1n) is 26.5. The summed E-state index contributed by atoms with van der Waals surface area (Å²) in [7, 11) is 13.6. The standard InChI is InChI=1S/C55H91N9O10/c1-20-35(7)46-54(72)58(13)37(9)48(66)56(11)32-45(65)59(14)43(30-34(5)6)53(71)64-28-22-23-41(64)50(68)60(15)44(31-39-24-26-40(74-19)27-25-39)51(69)57(12)38(10)49(67)62(17)47(36(8)21-2)55(73)61(16)42(29-33(3)4)52(70)63(46)18/h24-27,33-38,41-44,46-47H,20-23,28-32H2,1-19H3/t35-,36-,37-,38-,41-,42-,43-,44-,46-,47-/m0/s1. The molecule has 0 aromatic heterocycles. The Hall–Kier alpha value is -5.75. The highest BCUT2D eigenvalue weighted by Crippen LogP contribution is 2.28. The van der Waals surface area contributed by atoms with Gasteiger partial charge in [-0.25, -0.2) is 0 Å². The van der Waals surface area contributed by atoms with Crippen LogP contribution < -0.4 is 4.74 Å². The van der Waals surface area contributed by atoms with E-state index in [0.717, 1.165) is 0 Å². The molecular weight excluding hydrogens is 947 g/mol. The monoisotopic (exact) mass is 1040 g/mol. The Bertz CT molecular complexity index is 2150. The average molecular weight is 1040 g/mol. The van der Waals surface area contributed by atoms with E-state index >= 15 is 9.59 Å². The second kappa shape index (κ2) is 27.2. The van der Waals surface area contributed by atoms with Crippen LogP contribution in [-0.2, 0) is 49.6 Å². The van der Waals surface area contributed by atoms with Crippen molar-refractivity contribution in [3.63, 3.8) is 0 Å².